The molecule has 2 N–H and O–H groups in total. The summed E-state index contributed by atoms with van der Waals surface area (Å²) in [6.07, 6.45) is 5.16. The number of nitrogens with zero attached hydrogens (tertiary/aromatic N) is 6. The maximum atomic E-state index is 12.3. The first-order chi connectivity index (χ1) is 14.5. The normalized spacial score (nSPS) is 10.6. The fraction of sp³-hybridized carbons (Fsp3) is 0.100. The molecule has 10 nitrogen and oxygen atoms in total. The van der Waals surface area contributed by atoms with Gasteiger partial charge in [0.2, 0.25) is 0 Å². The summed E-state index contributed by atoms with van der Waals surface area (Å²) in [4.78, 5) is 36.5. The van der Waals surface area contributed by atoms with E-state index in [1.54, 1.807) is 29.2 Å². The molecular weight excluding hydrogens is 384 g/mol. The molecule has 0 bridgehead atoms. The molecule has 150 valence electrons. The molecule has 10 heteroatoms. The van der Waals surface area contributed by atoms with Gasteiger partial charge in [-0.15, -0.1) is 0 Å². The quantitative estimate of drug-likeness (QED) is 0.524. The number of carbonyl (C=O) groups is 1. The van der Waals surface area contributed by atoms with Crippen LogP contribution in [0.5, 0.6) is 0 Å². The third-order valence-electron chi connectivity index (χ3n) is 4.20. The second-order valence-electron chi connectivity index (χ2n) is 6.47. The highest BCUT2D eigenvalue weighted by Gasteiger charge is 2.09. The van der Waals surface area contributed by atoms with E-state index in [1.807, 2.05) is 31.3 Å². The lowest BCUT2D eigenvalue weighted by atomic mass is 10.2. The lowest BCUT2D eigenvalue weighted by molar-refractivity contribution is 0.102. The maximum Gasteiger partial charge on any atom is 0.276 e. The van der Waals surface area contributed by atoms with Crippen molar-refractivity contribution in [1.29, 1.82) is 0 Å². The summed E-state index contributed by atoms with van der Waals surface area (Å²) < 4.78 is 2.91. The Kier molecular flexibility index (Phi) is 5.04. The van der Waals surface area contributed by atoms with Crippen LogP contribution in [0.3, 0.4) is 0 Å². The highest BCUT2D eigenvalue weighted by atomic mass is 16.2. The molecule has 0 radical (unpaired) electrons. The van der Waals surface area contributed by atoms with Crippen LogP contribution in [0.1, 0.15) is 16.3 Å². The van der Waals surface area contributed by atoms with E-state index >= 15 is 0 Å². The molecule has 3 heterocycles. The van der Waals surface area contributed by atoms with Crippen molar-refractivity contribution in [3.63, 3.8) is 0 Å². The van der Waals surface area contributed by atoms with Gasteiger partial charge < -0.3 is 10.6 Å². The Labute approximate surface area is 171 Å². The van der Waals surface area contributed by atoms with Gasteiger partial charge in [0.15, 0.2) is 0 Å². The Balaban J connectivity index is 1.47. The molecule has 0 saturated carbocycles. The number of carbonyl (C=O) groups excluding carboxylic acids is 1. The Hall–Kier alpha value is -4.34. The minimum absolute atomic E-state index is 0.155. The number of nitrogens with one attached hydrogen (secondary N) is 2. The van der Waals surface area contributed by atoms with Crippen molar-refractivity contribution in [2.24, 2.45) is 7.05 Å². The molecule has 0 spiro atoms. The lowest BCUT2D eigenvalue weighted by Crippen LogP contribution is -2.23. The topological polar surface area (TPSA) is 120 Å². The highest BCUT2D eigenvalue weighted by Crippen LogP contribution is 2.19. The SMILES string of the molecule is Cc1nc(Nc2ccc(NC(=O)c3ccc(=O)n(C)n3)cc2)cc(-n2ccnc2)n1. The Morgan fingerprint density at radius 3 is 2.50 bits per heavy atom. The monoisotopic (exact) mass is 402 g/mol. The molecular formula is C20H18N8O2. The molecule has 4 rings (SSSR count). The summed E-state index contributed by atoms with van der Waals surface area (Å²) in [6.45, 7) is 1.82. The number of amides is 1. The van der Waals surface area contributed by atoms with E-state index in [1.165, 1.54) is 19.2 Å². The molecule has 3 aromatic heterocycles. The van der Waals surface area contributed by atoms with Crippen LogP contribution < -0.4 is 16.2 Å². The molecule has 1 aromatic carbocycles. The van der Waals surface area contributed by atoms with Crippen LogP contribution in [0.15, 0.2) is 66.0 Å². The van der Waals surface area contributed by atoms with Crippen LogP contribution in [0, 0.1) is 6.92 Å². The number of rotatable bonds is 5. The Bertz CT molecular complexity index is 1250. The predicted molar refractivity (Wildman–Crippen MR) is 111 cm³/mol. The van der Waals surface area contributed by atoms with Crippen molar-refractivity contribution in [2.45, 2.75) is 6.92 Å². The van der Waals surface area contributed by atoms with Gasteiger partial charge in [0.1, 0.15) is 29.5 Å². The smallest absolute Gasteiger partial charge is 0.276 e. The number of anilines is 3. The van der Waals surface area contributed by atoms with Crippen LogP contribution in [0.4, 0.5) is 17.2 Å². The minimum Gasteiger partial charge on any atom is -0.340 e. The van der Waals surface area contributed by atoms with Gasteiger partial charge in [0.05, 0.1) is 0 Å². The molecule has 0 fully saturated rings. The number of aryl methyl sites for hydroxylation is 2. The zero-order chi connectivity index (χ0) is 21.1. The van der Waals surface area contributed by atoms with Crippen molar-refractivity contribution in [2.75, 3.05) is 10.6 Å². The first-order valence-corrected chi connectivity index (χ1v) is 9.05. The van der Waals surface area contributed by atoms with Crippen LogP contribution in [0.2, 0.25) is 0 Å². The first kappa shape index (κ1) is 19.0. The first-order valence-electron chi connectivity index (χ1n) is 9.05. The zero-order valence-electron chi connectivity index (χ0n) is 16.3. The van der Waals surface area contributed by atoms with Crippen molar-refractivity contribution in [3.05, 3.63) is 83.1 Å². The van der Waals surface area contributed by atoms with E-state index in [9.17, 15) is 9.59 Å². The van der Waals surface area contributed by atoms with E-state index in [-0.39, 0.29) is 11.3 Å². The van der Waals surface area contributed by atoms with Crippen LogP contribution in [-0.2, 0) is 7.05 Å². The minimum atomic E-state index is -0.400. The fourth-order valence-electron chi connectivity index (χ4n) is 2.75. The van der Waals surface area contributed by atoms with Crippen molar-refractivity contribution in [3.8, 4) is 5.82 Å². The van der Waals surface area contributed by atoms with Gasteiger partial charge in [-0.3, -0.25) is 14.2 Å². The van der Waals surface area contributed by atoms with Gasteiger partial charge in [-0.25, -0.2) is 19.6 Å². The van der Waals surface area contributed by atoms with E-state index < -0.39 is 5.91 Å². The number of hydrogen-bond donors (Lipinski definition) is 2. The van der Waals surface area contributed by atoms with Gasteiger partial charge in [-0.1, -0.05) is 0 Å². The average Bonchev–Trinajstić information content (AvgIpc) is 3.26. The van der Waals surface area contributed by atoms with Gasteiger partial charge in [0.25, 0.3) is 11.5 Å². The number of imidazole rings is 1. The third kappa shape index (κ3) is 4.22. The Morgan fingerprint density at radius 1 is 1.03 bits per heavy atom. The fourth-order valence-corrected chi connectivity index (χ4v) is 2.75. The summed E-state index contributed by atoms with van der Waals surface area (Å²) in [7, 11) is 1.49. The molecule has 0 aliphatic heterocycles. The zero-order valence-corrected chi connectivity index (χ0v) is 16.3. The molecule has 0 aliphatic carbocycles. The lowest BCUT2D eigenvalue weighted by Gasteiger charge is -2.10. The van der Waals surface area contributed by atoms with Gasteiger partial charge in [0, 0.05) is 42.9 Å². The average molecular weight is 402 g/mol. The second-order valence-corrected chi connectivity index (χ2v) is 6.47. The van der Waals surface area contributed by atoms with Crippen LogP contribution >= 0.6 is 0 Å². The van der Waals surface area contributed by atoms with E-state index in [2.05, 4.69) is 30.7 Å². The third-order valence-corrected chi connectivity index (χ3v) is 4.20. The molecule has 0 atom stereocenters. The van der Waals surface area contributed by atoms with Crippen LogP contribution in [-0.4, -0.2) is 35.2 Å². The largest absolute Gasteiger partial charge is 0.340 e. The number of hydrogen-bond acceptors (Lipinski definition) is 7. The van der Waals surface area contributed by atoms with Gasteiger partial charge in [-0.05, 0) is 37.3 Å². The molecule has 0 unspecified atom stereocenters. The van der Waals surface area contributed by atoms with E-state index in [4.69, 9.17) is 0 Å². The second kappa shape index (κ2) is 7.95. The summed E-state index contributed by atoms with van der Waals surface area (Å²) >= 11 is 0. The highest BCUT2D eigenvalue weighted by molar-refractivity contribution is 6.02. The summed E-state index contributed by atoms with van der Waals surface area (Å²) in [5.41, 5.74) is 1.27. The molecule has 0 aliphatic rings. The molecule has 1 amide bonds. The summed E-state index contributed by atoms with van der Waals surface area (Å²) in [6, 6.07) is 11.7. The standard InChI is InChI=1S/C20H18N8O2/c1-13-22-17(11-18(23-13)28-10-9-21-12-28)24-14-3-5-15(6-4-14)25-20(30)16-7-8-19(29)27(2)26-16/h3-12H,1-2H3,(H,25,30)(H,22,23,24). The van der Waals surface area contributed by atoms with Crippen molar-refractivity contribution < 1.29 is 4.79 Å². The maximum absolute atomic E-state index is 12.3. The number of aromatic nitrogens is 6. The van der Waals surface area contributed by atoms with Gasteiger partial charge in [-0.2, -0.15) is 5.10 Å². The van der Waals surface area contributed by atoms with E-state index in [0.717, 1.165) is 10.4 Å². The molecule has 30 heavy (non-hydrogen) atoms. The number of benzene rings is 1. The predicted octanol–water partition coefficient (Wildman–Crippen LogP) is 2.06. The van der Waals surface area contributed by atoms with Crippen LogP contribution in [0.25, 0.3) is 5.82 Å². The van der Waals surface area contributed by atoms with Crippen molar-refractivity contribution >= 4 is 23.1 Å². The van der Waals surface area contributed by atoms with E-state index in [0.29, 0.717) is 23.1 Å². The summed E-state index contributed by atoms with van der Waals surface area (Å²) in [5, 5.41) is 9.92. The molecule has 0 saturated heterocycles. The Morgan fingerprint density at radius 2 is 1.80 bits per heavy atom. The summed E-state index contributed by atoms with van der Waals surface area (Å²) in [5.74, 6) is 1.56. The van der Waals surface area contributed by atoms with Crippen molar-refractivity contribution in [1.82, 2.24) is 29.3 Å². The molecule has 4 aromatic rings. The van der Waals surface area contributed by atoms with Gasteiger partial charge >= 0.3 is 0 Å².